The Labute approximate surface area is 194 Å². The number of allylic oxidation sites excluding steroid dienone is 1. The molecule has 0 radical (unpaired) electrons. The SMILES string of the molecule is CCOc1c(Br)cc(C2C(C(=O)OCc3ccccc3)=C(C)Nc3ncnn32)cc1OC. The number of hydrogen-bond acceptors (Lipinski definition) is 7. The number of rotatable bonds is 7. The molecule has 1 unspecified atom stereocenters. The van der Waals surface area contributed by atoms with E-state index < -0.39 is 12.0 Å². The first-order chi connectivity index (χ1) is 15.5. The predicted octanol–water partition coefficient (Wildman–Crippen LogP) is 4.48. The number of aromatic nitrogens is 3. The molecule has 166 valence electrons. The average molecular weight is 499 g/mol. The summed E-state index contributed by atoms with van der Waals surface area (Å²) in [7, 11) is 1.58. The Morgan fingerprint density at radius 3 is 2.75 bits per heavy atom. The first-order valence-electron chi connectivity index (χ1n) is 10.1. The summed E-state index contributed by atoms with van der Waals surface area (Å²) in [6.07, 6.45) is 1.45. The average Bonchev–Trinajstić information content (AvgIpc) is 3.26. The Bertz CT molecular complexity index is 1160. The molecule has 0 bridgehead atoms. The predicted molar refractivity (Wildman–Crippen MR) is 123 cm³/mol. The molecule has 1 aromatic heterocycles. The minimum Gasteiger partial charge on any atom is -0.493 e. The van der Waals surface area contributed by atoms with E-state index in [4.69, 9.17) is 14.2 Å². The quantitative estimate of drug-likeness (QED) is 0.480. The first-order valence-corrected chi connectivity index (χ1v) is 10.9. The third-order valence-electron chi connectivity index (χ3n) is 5.08. The Morgan fingerprint density at radius 1 is 1.25 bits per heavy atom. The van der Waals surface area contributed by atoms with Crippen LogP contribution in [0.2, 0.25) is 0 Å². The van der Waals surface area contributed by atoms with Gasteiger partial charge in [0.1, 0.15) is 19.0 Å². The van der Waals surface area contributed by atoms with Crippen molar-refractivity contribution in [2.45, 2.75) is 26.5 Å². The Hall–Kier alpha value is -3.33. The van der Waals surface area contributed by atoms with Crippen LogP contribution in [0, 0.1) is 0 Å². The van der Waals surface area contributed by atoms with Crippen LogP contribution in [0.5, 0.6) is 11.5 Å². The van der Waals surface area contributed by atoms with Crippen LogP contribution in [0.25, 0.3) is 0 Å². The number of hydrogen-bond donors (Lipinski definition) is 1. The van der Waals surface area contributed by atoms with E-state index in [0.717, 1.165) is 11.1 Å². The number of esters is 1. The summed E-state index contributed by atoms with van der Waals surface area (Å²) in [5.74, 6) is 1.25. The number of ether oxygens (including phenoxy) is 3. The van der Waals surface area contributed by atoms with Gasteiger partial charge in [0, 0.05) is 5.70 Å². The van der Waals surface area contributed by atoms with Crippen LogP contribution in [0.4, 0.5) is 5.95 Å². The van der Waals surface area contributed by atoms with Crippen LogP contribution in [-0.2, 0) is 16.1 Å². The van der Waals surface area contributed by atoms with Crippen LogP contribution in [0.15, 0.2) is 64.5 Å². The molecular formula is C23H23BrN4O4. The topological polar surface area (TPSA) is 87.5 Å². The second kappa shape index (κ2) is 9.44. The van der Waals surface area contributed by atoms with E-state index in [0.29, 0.717) is 39.8 Å². The van der Waals surface area contributed by atoms with E-state index in [1.165, 1.54) is 6.33 Å². The number of halogens is 1. The van der Waals surface area contributed by atoms with Gasteiger partial charge in [-0.1, -0.05) is 30.3 Å². The molecule has 0 aliphatic carbocycles. The Morgan fingerprint density at radius 2 is 2.03 bits per heavy atom. The third kappa shape index (κ3) is 4.20. The van der Waals surface area contributed by atoms with Crippen molar-refractivity contribution in [2.75, 3.05) is 19.0 Å². The van der Waals surface area contributed by atoms with Gasteiger partial charge in [0.05, 0.1) is 23.8 Å². The molecule has 2 heterocycles. The molecule has 9 heteroatoms. The van der Waals surface area contributed by atoms with Crippen molar-refractivity contribution in [3.8, 4) is 11.5 Å². The molecular weight excluding hydrogens is 476 g/mol. The summed E-state index contributed by atoms with van der Waals surface area (Å²) in [6, 6.07) is 12.7. The van der Waals surface area contributed by atoms with Crippen LogP contribution in [0.1, 0.15) is 31.0 Å². The standard InChI is InChI=1S/C23H23BrN4O4/c1-4-31-21-17(24)10-16(11-18(21)30-3)20-19(14(2)27-23-25-13-26-28(20)23)22(29)32-12-15-8-6-5-7-9-15/h5-11,13,20H,4,12H2,1-3H3,(H,25,26,27). The zero-order chi connectivity index (χ0) is 22.7. The highest BCUT2D eigenvalue weighted by Crippen LogP contribution is 2.42. The van der Waals surface area contributed by atoms with Crippen molar-refractivity contribution in [3.63, 3.8) is 0 Å². The van der Waals surface area contributed by atoms with Crippen molar-refractivity contribution in [1.82, 2.24) is 14.8 Å². The lowest BCUT2D eigenvalue weighted by Gasteiger charge is -2.29. The highest BCUT2D eigenvalue weighted by atomic mass is 79.9. The second-order valence-corrected chi connectivity index (χ2v) is 7.98. The van der Waals surface area contributed by atoms with Gasteiger partial charge in [-0.2, -0.15) is 10.1 Å². The smallest absolute Gasteiger partial charge is 0.338 e. The van der Waals surface area contributed by atoms with Crippen LogP contribution < -0.4 is 14.8 Å². The molecule has 1 N–H and O–H groups in total. The van der Waals surface area contributed by atoms with Crippen LogP contribution in [0.3, 0.4) is 0 Å². The van der Waals surface area contributed by atoms with Crippen LogP contribution >= 0.6 is 15.9 Å². The number of nitrogens with one attached hydrogen (secondary N) is 1. The highest BCUT2D eigenvalue weighted by molar-refractivity contribution is 9.10. The molecule has 32 heavy (non-hydrogen) atoms. The summed E-state index contributed by atoms with van der Waals surface area (Å²) in [6.45, 7) is 4.39. The van der Waals surface area contributed by atoms with Gasteiger partial charge >= 0.3 is 5.97 Å². The van der Waals surface area contributed by atoms with Crippen molar-refractivity contribution in [2.24, 2.45) is 0 Å². The number of methoxy groups -OCH3 is 1. The maximum absolute atomic E-state index is 13.3. The van der Waals surface area contributed by atoms with Gasteiger partial charge in [0.15, 0.2) is 11.5 Å². The van der Waals surface area contributed by atoms with Gasteiger partial charge in [-0.25, -0.2) is 9.48 Å². The molecule has 3 aromatic rings. The van der Waals surface area contributed by atoms with Gasteiger partial charge in [-0.3, -0.25) is 0 Å². The minimum atomic E-state index is -0.558. The maximum atomic E-state index is 13.3. The number of carbonyl (C=O) groups is 1. The van der Waals surface area contributed by atoms with E-state index in [1.54, 1.807) is 11.8 Å². The molecule has 2 aromatic carbocycles. The number of nitrogens with zero attached hydrogens (tertiary/aromatic N) is 3. The maximum Gasteiger partial charge on any atom is 0.338 e. The zero-order valence-corrected chi connectivity index (χ0v) is 19.5. The van der Waals surface area contributed by atoms with Gasteiger partial charge in [0.2, 0.25) is 5.95 Å². The van der Waals surface area contributed by atoms with E-state index in [9.17, 15) is 4.79 Å². The molecule has 8 nitrogen and oxygen atoms in total. The van der Waals surface area contributed by atoms with Crippen LogP contribution in [-0.4, -0.2) is 34.5 Å². The Kier molecular flexibility index (Phi) is 6.45. The van der Waals surface area contributed by atoms with Gasteiger partial charge in [-0.15, -0.1) is 0 Å². The molecule has 1 aliphatic rings. The number of carbonyl (C=O) groups excluding carboxylic acids is 1. The van der Waals surface area contributed by atoms with Crippen molar-refractivity contribution < 1.29 is 19.0 Å². The molecule has 0 fully saturated rings. The van der Waals surface area contributed by atoms with Crippen molar-refractivity contribution in [3.05, 3.63) is 75.7 Å². The number of anilines is 1. The highest BCUT2D eigenvalue weighted by Gasteiger charge is 2.35. The van der Waals surface area contributed by atoms with E-state index in [-0.39, 0.29) is 6.61 Å². The fraction of sp³-hybridized carbons (Fsp3) is 0.261. The van der Waals surface area contributed by atoms with Gasteiger partial charge in [-0.05, 0) is 53.0 Å². The zero-order valence-electron chi connectivity index (χ0n) is 18.0. The minimum absolute atomic E-state index is 0.170. The van der Waals surface area contributed by atoms with E-state index in [2.05, 4.69) is 31.3 Å². The molecule has 0 amide bonds. The first kappa shape index (κ1) is 21.9. The summed E-state index contributed by atoms with van der Waals surface area (Å²) < 4.78 is 19.3. The fourth-order valence-corrected chi connectivity index (χ4v) is 4.22. The van der Waals surface area contributed by atoms with Crippen molar-refractivity contribution in [1.29, 1.82) is 0 Å². The Balaban J connectivity index is 1.74. The lowest BCUT2D eigenvalue weighted by molar-refractivity contribution is -0.140. The van der Waals surface area contributed by atoms with E-state index >= 15 is 0 Å². The van der Waals surface area contributed by atoms with E-state index in [1.807, 2.05) is 56.3 Å². The third-order valence-corrected chi connectivity index (χ3v) is 5.67. The summed E-state index contributed by atoms with van der Waals surface area (Å²) in [5.41, 5.74) is 2.78. The molecule has 1 atom stereocenters. The summed E-state index contributed by atoms with van der Waals surface area (Å²) in [5, 5.41) is 7.50. The lowest BCUT2D eigenvalue weighted by Crippen LogP contribution is -2.29. The second-order valence-electron chi connectivity index (χ2n) is 7.12. The number of fused-ring (bicyclic) bond motifs is 1. The number of benzene rings is 2. The monoisotopic (exact) mass is 498 g/mol. The fourth-order valence-electron chi connectivity index (χ4n) is 3.65. The molecule has 0 saturated heterocycles. The largest absolute Gasteiger partial charge is 0.493 e. The molecule has 0 spiro atoms. The summed E-state index contributed by atoms with van der Waals surface area (Å²) in [4.78, 5) is 17.5. The van der Waals surface area contributed by atoms with Gasteiger partial charge in [0.25, 0.3) is 0 Å². The normalized spacial score (nSPS) is 15.1. The van der Waals surface area contributed by atoms with Crippen molar-refractivity contribution >= 4 is 27.8 Å². The lowest BCUT2D eigenvalue weighted by atomic mass is 9.95. The molecule has 0 saturated carbocycles. The molecule has 4 rings (SSSR count). The van der Waals surface area contributed by atoms with Gasteiger partial charge < -0.3 is 19.5 Å². The molecule has 1 aliphatic heterocycles. The summed E-state index contributed by atoms with van der Waals surface area (Å²) >= 11 is 3.57.